The van der Waals surface area contributed by atoms with E-state index >= 15 is 0 Å². The van der Waals surface area contributed by atoms with Crippen LogP contribution < -0.4 is 5.32 Å². The van der Waals surface area contributed by atoms with Gasteiger partial charge in [0, 0.05) is 24.3 Å². The van der Waals surface area contributed by atoms with Gasteiger partial charge in [-0.25, -0.2) is 0 Å². The van der Waals surface area contributed by atoms with Crippen LogP contribution >= 0.6 is 0 Å². The molecule has 0 bridgehead atoms. The van der Waals surface area contributed by atoms with Crippen molar-refractivity contribution in [3.8, 4) is 0 Å². The lowest BCUT2D eigenvalue weighted by molar-refractivity contribution is -0.140. The molecule has 0 aromatic carbocycles. The van der Waals surface area contributed by atoms with Crippen molar-refractivity contribution in [2.45, 2.75) is 46.4 Å². The van der Waals surface area contributed by atoms with Crippen LogP contribution in [0.1, 0.15) is 30.3 Å². The van der Waals surface area contributed by atoms with Crippen LogP contribution in [0.15, 0.2) is 0 Å². The number of hydrogen-bond acceptors (Lipinski definition) is 5. The Kier molecular flexibility index (Phi) is 5.98. The third-order valence-electron chi connectivity index (χ3n) is 3.03. The quantitative estimate of drug-likeness (QED) is 0.706. The predicted molar refractivity (Wildman–Crippen MR) is 71.7 cm³/mol. The summed E-state index contributed by atoms with van der Waals surface area (Å²) in [5.74, 6) is -0.235. The van der Waals surface area contributed by atoms with Gasteiger partial charge in [-0.15, -0.1) is 0 Å². The first-order valence-corrected chi connectivity index (χ1v) is 6.44. The van der Waals surface area contributed by atoms with E-state index in [1.165, 1.54) is 7.11 Å². The van der Waals surface area contributed by atoms with Gasteiger partial charge in [0.15, 0.2) is 0 Å². The minimum absolute atomic E-state index is 0.235. The lowest BCUT2D eigenvalue weighted by Crippen LogP contribution is -2.24. The average Bonchev–Trinajstić information content (AvgIpc) is 2.62. The highest BCUT2D eigenvalue weighted by Crippen LogP contribution is 2.13. The summed E-state index contributed by atoms with van der Waals surface area (Å²) < 4.78 is 6.44. The number of aromatic nitrogens is 2. The van der Waals surface area contributed by atoms with Crippen molar-refractivity contribution in [3.05, 3.63) is 17.0 Å². The second kappa shape index (κ2) is 7.25. The molecule has 6 heteroatoms. The number of methoxy groups -OCH3 is 1. The lowest BCUT2D eigenvalue weighted by Gasteiger charge is -2.08. The Bertz CT molecular complexity index is 427. The number of aliphatic hydroxyl groups excluding tert-OH is 1. The molecule has 19 heavy (non-hydrogen) atoms. The molecule has 1 rings (SSSR count). The zero-order valence-corrected chi connectivity index (χ0v) is 12.1. The van der Waals surface area contributed by atoms with Crippen molar-refractivity contribution in [2.75, 3.05) is 13.7 Å². The molecule has 1 aromatic heterocycles. The van der Waals surface area contributed by atoms with Crippen molar-refractivity contribution < 1.29 is 14.6 Å². The van der Waals surface area contributed by atoms with E-state index in [-0.39, 0.29) is 12.1 Å². The molecule has 0 spiro atoms. The molecule has 1 heterocycles. The van der Waals surface area contributed by atoms with Crippen LogP contribution in [0, 0.1) is 13.8 Å². The second-order valence-electron chi connectivity index (χ2n) is 4.68. The number of rotatable bonds is 7. The molecular formula is C13H23N3O3. The zero-order valence-electron chi connectivity index (χ0n) is 12.1. The fourth-order valence-corrected chi connectivity index (χ4v) is 1.91. The molecular weight excluding hydrogens is 246 g/mol. The van der Waals surface area contributed by atoms with Gasteiger partial charge in [-0.2, -0.15) is 5.10 Å². The van der Waals surface area contributed by atoms with E-state index < -0.39 is 0 Å². The van der Waals surface area contributed by atoms with E-state index in [2.05, 4.69) is 15.2 Å². The van der Waals surface area contributed by atoms with Gasteiger partial charge in [0.1, 0.15) is 0 Å². The predicted octanol–water partition coefficient (Wildman–Crippen LogP) is 0.533. The largest absolute Gasteiger partial charge is 0.469 e. The molecule has 0 aliphatic carbocycles. The Morgan fingerprint density at radius 2 is 2.21 bits per heavy atom. The van der Waals surface area contributed by atoms with E-state index in [1.807, 2.05) is 18.5 Å². The van der Waals surface area contributed by atoms with Crippen LogP contribution in [-0.2, 0) is 22.6 Å². The summed E-state index contributed by atoms with van der Waals surface area (Å²) in [6.45, 7) is 7.41. The Morgan fingerprint density at radius 3 is 2.79 bits per heavy atom. The molecule has 0 aliphatic heterocycles. The zero-order chi connectivity index (χ0) is 14.4. The highest BCUT2D eigenvalue weighted by atomic mass is 16.5. The van der Waals surface area contributed by atoms with Crippen molar-refractivity contribution in [1.82, 2.24) is 15.1 Å². The maximum atomic E-state index is 11.1. The number of aliphatic hydroxyl groups is 1. The standard InChI is InChI=1S/C13H23N3O3/c1-9(17)7-14-8-12-10(2)15-16(11(12)3)6-5-13(18)19-4/h9,14,17H,5-8H2,1-4H3. The number of carbonyl (C=O) groups excluding carboxylic acids is 1. The summed E-state index contributed by atoms with van der Waals surface area (Å²) in [5, 5.41) is 16.8. The summed E-state index contributed by atoms with van der Waals surface area (Å²) in [7, 11) is 1.38. The van der Waals surface area contributed by atoms with Crippen molar-refractivity contribution >= 4 is 5.97 Å². The van der Waals surface area contributed by atoms with Crippen molar-refractivity contribution in [3.63, 3.8) is 0 Å². The summed E-state index contributed by atoms with van der Waals surface area (Å²) in [5.41, 5.74) is 3.10. The number of nitrogens with zero attached hydrogens (tertiary/aromatic N) is 2. The topological polar surface area (TPSA) is 76.4 Å². The number of carbonyl (C=O) groups is 1. The molecule has 0 saturated carbocycles. The van der Waals surface area contributed by atoms with Crippen LogP contribution in [-0.4, -0.2) is 40.6 Å². The highest BCUT2D eigenvalue weighted by molar-refractivity contribution is 5.68. The maximum Gasteiger partial charge on any atom is 0.307 e. The maximum absolute atomic E-state index is 11.1. The second-order valence-corrected chi connectivity index (χ2v) is 4.68. The fourth-order valence-electron chi connectivity index (χ4n) is 1.91. The summed E-state index contributed by atoms with van der Waals surface area (Å²) in [6, 6.07) is 0. The molecule has 0 saturated heterocycles. The number of ether oxygens (including phenoxy) is 1. The van der Waals surface area contributed by atoms with Gasteiger partial charge in [0.25, 0.3) is 0 Å². The molecule has 1 atom stereocenters. The molecule has 0 fully saturated rings. The van der Waals surface area contributed by atoms with Gasteiger partial charge < -0.3 is 15.2 Å². The third kappa shape index (κ3) is 4.65. The van der Waals surface area contributed by atoms with E-state index in [0.717, 1.165) is 17.0 Å². The minimum Gasteiger partial charge on any atom is -0.469 e. The molecule has 1 aromatic rings. The number of aryl methyl sites for hydroxylation is 2. The Labute approximate surface area is 113 Å². The van der Waals surface area contributed by atoms with Gasteiger partial charge in [-0.05, 0) is 20.8 Å². The molecule has 0 aliphatic rings. The SMILES string of the molecule is COC(=O)CCn1nc(C)c(CNCC(C)O)c1C. The normalized spacial score (nSPS) is 12.5. The number of hydrogen-bond donors (Lipinski definition) is 2. The van der Waals surface area contributed by atoms with E-state index in [9.17, 15) is 9.90 Å². The molecule has 0 radical (unpaired) electrons. The molecule has 6 nitrogen and oxygen atoms in total. The first-order chi connectivity index (χ1) is 8.95. The molecule has 0 amide bonds. The van der Waals surface area contributed by atoms with Gasteiger partial charge in [0.2, 0.25) is 0 Å². The number of esters is 1. The third-order valence-corrected chi connectivity index (χ3v) is 3.03. The van der Waals surface area contributed by atoms with Crippen LogP contribution in [0.4, 0.5) is 0 Å². The van der Waals surface area contributed by atoms with Crippen molar-refractivity contribution in [2.24, 2.45) is 0 Å². The highest BCUT2D eigenvalue weighted by Gasteiger charge is 2.12. The Balaban J connectivity index is 2.63. The monoisotopic (exact) mass is 269 g/mol. The Morgan fingerprint density at radius 1 is 1.53 bits per heavy atom. The van der Waals surface area contributed by atoms with E-state index in [4.69, 9.17) is 0 Å². The van der Waals surface area contributed by atoms with Gasteiger partial charge in [-0.1, -0.05) is 0 Å². The summed E-state index contributed by atoms with van der Waals surface area (Å²) in [6.07, 6.45) is -0.0473. The van der Waals surface area contributed by atoms with Gasteiger partial charge in [-0.3, -0.25) is 9.48 Å². The van der Waals surface area contributed by atoms with E-state index in [0.29, 0.717) is 26.1 Å². The minimum atomic E-state index is -0.366. The average molecular weight is 269 g/mol. The summed E-state index contributed by atoms with van der Waals surface area (Å²) in [4.78, 5) is 11.1. The number of nitrogens with one attached hydrogen (secondary N) is 1. The van der Waals surface area contributed by atoms with Crippen LogP contribution in [0.5, 0.6) is 0 Å². The Hall–Kier alpha value is -1.40. The first-order valence-electron chi connectivity index (χ1n) is 6.44. The lowest BCUT2D eigenvalue weighted by atomic mass is 10.2. The van der Waals surface area contributed by atoms with Crippen LogP contribution in [0.3, 0.4) is 0 Å². The van der Waals surface area contributed by atoms with Crippen LogP contribution in [0.2, 0.25) is 0 Å². The molecule has 2 N–H and O–H groups in total. The molecule has 108 valence electrons. The summed E-state index contributed by atoms with van der Waals surface area (Å²) >= 11 is 0. The van der Waals surface area contributed by atoms with Gasteiger partial charge in [0.05, 0.1) is 31.9 Å². The van der Waals surface area contributed by atoms with Gasteiger partial charge >= 0.3 is 5.97 Å². The smallest absolute Gasteiger partial charge is 0.307 e. The van der Waals surface area contributed by atoms with Crippen LogP contribution in [0.25, 0.3) is 0 Å². The molecule has 1 unspecified atom stereocenters. The first kappa shape index (κ1) is 15.7. The van der Waals surface area contributed by atoms with Crippen molar-refractivity contribution in [1.29, 1.82) is 0 Å². The fraction of sp³-hybridized carbons (Fsp3) is 0.692. The van der Waals surface area contributed by atoms with E-state index in [1.54, 1.807) is 6.92 Å².